The molecule has 3 saturated heterocycles. The van der Waals surface area contributed by atoms with Crippen LogP contribution in [0.25, 0.3) is 0 Å². The van der Waals surface area contributed by atoms with Crippen LogP contribution in [0, 0.1) is 0 Å². The van der Waals surface area contributed by atoms with E-state index in [9.17, 15) is 4.79 Å². The van der Waals surface area contributed by atoms with Crippen molar-refractivity contribution in [3.05, 3.63) is 11.3 Å². The topological polar surface area (TPSA) is 54.0 Å². The summed E-state index contributed by atoms with van der Waals surface area (Å²) in [5.41, 5.74) is 3.31. The Hall–Kier alpha value is -0.0425. The third-order valence-corrected chi connectivity index (χ3v) is 35.2. The van der Waals surface area contributed by atoms with Crippen LogP contribution in [0.2, 0.25) is 58.9 Å². The minimum Gasteiger partial charge on any atom is -0.462 e. The average molecular weight is 627 g/mol. The second-order valence-electron chi connectivity index (χ2n) is 15.9. The van der Waals surface area contributed by atoms with Crippen LogP contribution in [0.3, 0.4) is 0 Å². The van der Waals surface area contributed by atoms with E-state index < -0.39 is 32.3 Å². The summed E-state index contributed by atoms with van der Waals surface area (Å²) < 4.78 is 28.4. The number of esters is 1. The van der Waals surface area contributed by atoms with Gasteiger partial charge >= 0.3 is 5.97 Å². The highest BCUT2D eigenvalue weighted by Crippen LogP contribution is 2.61. The van der Waals surface area contributed by atoms with E-state index in [1.54, 1.807) is 0 Å². The molecule has 3 aliphatic heterocycles. The first-order valence-electron chi connectivity index (χ1n) is 16.3. The quantitative estimate of drug-likeness (QED) is 0.140. The van der Waals surface area contributed by atoms with Gasteiger partial charge in [0, 0.05) is 25.4 Å². The fourth-order valence-electron chi connectivity index (χ4n) is 8.89. The minimum atomic E-state index is -3.06. The van der Waals surface area contributed by atoms with E-state index in [4.69, 9.17) is 18.9 Å². The van der Waals surface area contributed by atoms with Crippen LogP contribution in [0.15, 0.2) is 11.3 Å². The Morgan fingerprint density at radius 1 is 0.675 bits per heavy atom. The molecule has 0 N–H and O–H groups in total. The van der Waals surface area contributed by atoms with Crippen LogP contribution in [0.1, 0.15) is 78.1 Å². The molecule has 9 heteroatoms. The molecule has 0 amide bonds. The molecule has 3 aliphatic rings. The van der Waals surface area contributed by atoms with E-state index in [0.29, 0.717) is 6.61 Å². The van der Waals surface area contributed by atoms with Gasteiger partial charge < -0.3 is 18.9 Å². The summed E-state index contributed by atoms with van der Waals surface area (Å²) in [7, 11) is -9.24. The zero-order valence-electron chi connectivity index (χ0n) is 28.0. The van der Waals surface area contributed by atoms with Crippen molar-refractivity contribution in [2.24, 2.45) is 0 Å². The highest BCUT2D eigenvalue weighted by molar-refractivity contribution is 7.17. The van der Waals surface area contributed by atoms with E-state index in [0.717, 1.165) is 70.3 Å². The molecule has 3 heterocycles. The lowest BCUT2D eigenvalue weighted by molar-refractivity contribution is -0.138. The summed E-state index contributed by atoms with van der Waals surface area (Å²) in [6.45, 7) is 29.8. The Bertz CT molecular complexity index is 806. The van der Waals surface area contributed by atoms with Crippen LogP contribution in [0.4, 0.5) is 0 Å². The second kappa shape index (κ2) is 12.5. The Balaban J connectivity index is 2.64. The molecular formula is C31H62O5Si4. The largest absolute Gasteiger partial charge is 0.462 e. The van der Waals surface area contributed by atoms with Crippen LogP contribution in [-0.2, 0) is 23.7 Å². The third-order valence-electron chi connectivity index (χ3n) is 10.6. The van der Waals surface area contributed by atoms with Gasteiger partial charge in [-0.1, -0.05) is 71.5 Å². The highest BCUT2D eigenvalue weighted by atomic mass is 28.4. The molecule has 3 fully saturated rings. The first-order chi connectivity index (χ1) is 18.5. The van der Waals surface area contributed by atoms with Gasteiger partial charge in [-0.05, 0) is 71.1 Å². The van der Waals surface area contributed by atoms with Crippen molar-refractivity contribution in [3.63, 3.8) is 0 Å². The van der Waals surface area contributed by atoms with Gasteiger partial charge in [0.05, 0.1) is 45.4 Å². The molecule has 0 aliphatic carbocycles. The first kappa shape index (κ1) is 34.4. The zero-order chi connectivity index (χ0) is 30.1. The zero-order valence-corrected chi connectivity index (χ0v) is 32.0. The van der Waals surface area contributed by atoms with Crippen LogP contribution in [-0.4, -0.2) is 79.2 Å². The summed E-state index contributed by atoms with van der Waals surface area (Å²) in [6, 6.07) is 0. The first-order valence-corrected chi connectivity index (χ1v) is 28.8. The predicted molar refractivity (Wildman–Crippen MR) is 178 cm³/mol. The van der Waals surface area contributed by atoms with Gasteiger partial charge in [-0.25, -0.2) is 4.79 Å². The fourth-order valence-corrected chi connectivity index (χ4v) is 39.0. The van der Waals surface area contributed by atoms with E-state index in [1.807, 2.05) is 6.92 Å². The van der Waals surface area contributed by atoms with Gasteiger partial charge in [0.25, 0.3) is 0 Å². The SMILES string of the molecule is CCCOC(=O)C(C)=C[Si](C1([Si](C)(C)C)CCCCO1)(C1([Si](C)(C)C)CCCCO1)C1([Si](C)(C)C)CCCCO1. The number of hydrogen-bond donors (Lipinski definition) is 0. The molecule has 0 radical (unpaired) electrons. The molecule has 0 bridgehead atoms. The number of rotatable bonds is 10. The molecule has 3 rings (SSSR count). The normalized spacial score (nSPS) is 32.8. The number of carbonyl (C=O) groups excluding carboxylic acids is 1. The molecule has 0 aromatic carbocycles. The maximum atomic E-state index is 13.7. The smallest absolute Gasteiger partial charge is 0.332 e. The van der Waals surface area contributed by atoms with Crippen LogP contribution >= 0.6 is 0 Å². The van der Waals surface area contributed by atoms with E-state index in [2.05, 4.69) is 71.5 Å². The van der Waals surface area contributed by atoms with Gasteiger partial charge in [0.15, 0.2) is 8.07 Å². The lowest BCUT2D eigenvalue weighted by Gasteiger charge is -2.73. The molecule has 232 valence electrons. The van der Waals surface area contributed by atoms with Crippen LogP contribution < -0.4 is 0 Å². The standard InChI is InChI=1S/C31H62O5Si4/c1-12-22-33-28(32)27(2)26-40(29(37(3,4)5)19-13-16-23-34-29,30(38(6,7)8)20-14-17-24-35-30)31(39(9,10)11)21-15-18-25-36-31/h26H,12-25H2,1-11H3. The van der Waals surface area contributed by atoms with Gasteiger partial charge in [-0.2, -0.15) is 0 Å². The summed E-state index contributed by atoms with van der Waals surface area (Å²) in [5, 5.41) is 0. The molecule has 40 heavy (non-hydrogen) atoms. The molecule has 0 aromatic heterocycles. The van der Waals surface area contributed by atoms with E-state index >= 15 is 0 Å². The van der Waals surface area contributed by atoms with Gasteiger partial charge in [0.1, 0.15) is 0 Å². The van der Waals surface area contributed by atoms with E-state index in [1.165, 1.54) is 19.3 Å². The van der Waals surface area contributed by atoms with Crippen LogP contribution in [0.5, 0.6) is 0 Å². The summed E-state index contributed by atoms with van der Waals surface area (Å²) >= 11 is 0. The summed E-state index contributed by atoms with van der Waals surface area (Å²) in [4.78, 5) is 12.9. The molecular weight excluding hydrogens is 565 g/mol. The monoisotopic (exact) mass is 626 g/mol. The lowest BCUT2D eigenvalue weighted by Crippen LogP contribution is -2.95. The van der Waals surface area contributed by atoms with Gasteiger partial charge in [0.2, 0.25) is 0 Å². The molecule has 0 spiro atoms. The fraction of sp³-hybridized carbons (Fsp3) is 0.903. The summed E-state index contributed by atoms with van der Waals surface area (Å²) in [5.74, 6) is -0.164. The van der Waals surface area contributed by atoms with Crippen molar-refractivity contribution in [3.8, 4) is 0 Å². The number of hydrogen-bond acceptors (Lipinski definition) is 5. The van der Waals surface area contributed by atoms with Gasteiger partial charge in [-0.15, -0.1) is 0 Å². The highest BCUT2D eigenvalue weighted by Gasteiger charge is 2.81. The molecule has 3 atom stereocenters. The Morgan fingerprint density at radius 3 is 1.27 bits per heavy atom. The lowest BCUT2D eigenvalue weighted by atomic mass is 10.2. The predicted octanol–water partition coefficient (Wildman–Crippen LogP) is 7.94. The number of carbonyl (C=O) groups is 1. The van der Waals surface area contributed by atoms with Crippen molar-refractivity contribution in [1.29, 1.82) is 0 Å². The molecule has 0 saturated carbocycles. The summed E-state index contributed by atoms with van der Waals surface area (Å²) in [6.07, 6.45) is 10.9. The van der Waals surface area contributed by atoms with Crippen molar-refractivity contribution < 1.29 is 23.7 Å². The van der Waals surface area contributed by atoms with Crippen molar-refractivity contribution in [2.75, 3.05) is 26.4 Å². The molecule has 0 aromatic rings. The third kappa shape index (κ3) is 5.51. The van der Waals surface area contributed by atoms with Crippen molar-refractivity contribution in [2.45, 2.75) is 152 Å². The maximum Gasteiger partial charge on any atom is 0.332 e. The van der Waals surface area contributed by atoms with Crippen molar-refractivity contribution in [1.82, 2.24) is 0 Å². The molecule has 5 nitrogen and oxygen atoms in total. The molecule has 3 unspecified atom stereocenters. The Labute approximate surface area is 250 Å². The second-order valence-corrected chi connectivity index (χ2v) is 37.7. The maximum absolute atomic E-state index is 13.7. The Morgan fingerprint density at radius 2 is 1.02 bits per heavy atom. The Kier molecular flexibility index (Phi) is 10.8. The van der Waals surface area contributed by atoms with Crippen molar-refractivity contribution >= 4 is 38.3 Å². The van der Waals surface area contributed by atoms with Gasteiger partial charge in [-0.3, -0.25) is 0 Å². The number of ether oxygens (including phenoxy) is 4. The van der Waals surface area contributed by atoms with E-state index in [-0.39, 0.29) is 20.5 Å². The average Bonchev–Trinajstić information content (AvgIpc) is 2.89. The minimum absolute atomic E-state index is 0.164.